The Kier molecular flexibility index (Phi) is 5.40. The van der Waals surface area contributed by atoms with Crippen LogP contribution in [0.3, 0.4) is 0 Å². The zero-order valence-electron chi connectivity index (χ0n) is 11.5. The minimum Gasteiger partial charge on any atom is -0.425 e. The van der Waals surface area contributed by atoms with Crippen molar-refractivity contribution in [1.82, 2.24) is 0 Å². The van der Waals surface area contributed by atoms with Crippen molar-refractivity contribution in [3.8, 4) is 5.75 Å². The van der Waals surface area contributed by atoms with Gasteiger partial charge in [-0.3, -0.25) is 0 Å². The van der Waals surface area contributed by atoms with Crippen LogP contribution in [-0.2, 0) is 9.53 Å². The molecule has 0 unspecified atom stereocenters. The van der Waals surface area contributed by atoms with E-state index in [4.69, 9.17) is 9.47 Å². The Morgan fingerprint density at radius 3 is 2.63 bits per heavy atom. The van der Waals surface area contributed by atoms with Gasteiger partial charge in [0, 0.05) is 0 Å². The number of ether oxygens (including phenoxy) is 2. The highest BCUT2D eigenvalue weighted by Gasteiger charge is 2.45. The molecular weight excluding hydrogens is 240 g/mol. The number of carbonyl (C=O) groups excluding carboxylic acids is 1. The first kappa shape index (κ1) is 14.1. The highest BCUT2D eigenvalue weighted by atomic mass is 16.6. The average Bonchev–Trinajstić information content (AvgIpc) is 3.19. The second-order valence-corrected chi connectivity index (χ2v) is 5.03. The molecule has 0 amide bonds. The molecule has 1 aromatic carbocycles. The van der Waals surface area contributed by atoms with Gasteiger partial charge in [0.05, 0.1) is 6.10 Å². The molecule has 0 aromatic heterocycles. The van der Waals surface area contributed by atoms with Crippen molar-refractivity contribution in [1.29, 1.82) is 0 Å². The first-order chi connectivity index (χ1) is 9.31. The lowest BCUT2D eigenvalue weighted by molar-refractivity contribution is -0.135. The van der Waals surface area contributed by atoms with Gasteiger partial charge in [-0.25, -0.2) is 4.79 Å². The largest absolute Gasteiger partial charge is 0.425 e. The fourth-order valence-electron chi connectivity index (χ4n) is 2.18. The second-order valence-electron chi connectivity index (χ2n) is 5.03. The number of carbonyl (C=O) groups is 1. The number of rotatable bonds is 8. The summed E-state index contributed by atoms with van der Waals surface area (Å²) in [7, 11) is 0. The minimum atomic E-state index is -0.341. The molecule has 3 nitrogen and oxygen atoms in total. The maximum Gasteiger partial charge on any atom is 0.343 e. The average molecular weight is 262 g/mol. The first-order valence-corrected chi connectivity index (χ1v) is 7.23. The van der Waals surface area contributed by atoms with Gasteiger partial charge >= 0.3 is 5.97 Å². The van der Waals surface area contributed by atoms with E-state index in [-0.39, 0.29) is 18.2 Å². The van der Waals surface area contributed by atoms with Gasteiger partial charge in [-0.05, 0) is 18.6 Å². The molecule has 1 heterocycles. The topological polar surface area (TPSA) is 38.8 Å². The van der Waals surface area contributed by atoms with Crippen LogP contribution >= 0.6 is 0 Å². The summed E-state index contributed by atoms with van der Waals surface area (Å²) in [6.07, 6.45) is 6.91. The standard InChI is InChI=1S/C16H22O3/c1-2-3-4-5-9-12-14-15(19-14)16(17)18-13-10-7-6-8-11-13/h6-8,10-11,14-15H,2-5,9,12H2,1H3/t14-,15+/m1/s1. The van der Waals surface area contributed by atoms with Gasteiger partial charge < -0.3 is 9.47 Å². The molecule has 104 valence electrons. The summed E-state index contributed by atoms with van der Waals surface area (Å²) in [6, 6.07) is 9.15. The fourth-order valence-corrected chi connectivity index (χ4v) is 2.18. The molecular formula is C16H22O3. The molecule has 1 saturated heterocycles. The summed E-state index contributed by atoms with van der Waals surface area (Å²) >= 11 is 0. The third-order valence-corrected chi connectivity index (χ3v) is 3.37. The number of epoxide rings is 1. The summed E-state index contributed by atoms with van der Waals surface area (Å²) in [4.78, 5) is 11.8. The van der Waals surface area contributed by atoms with Gasteiger partial charge in [0.1, 0.15) is 5.75 Å². The molecule has 1 fully saturated rings. The number of hydrogen-bond donors (Lipinski definition) is 0. The van der Waals surface area contributed by atoms with Crippen molar-refractivity contribution in [2.24, 2.45) is 0 Å². The second kappa shape index (κ2) is 7.29. The van der Waals surface area contributed by atoms with Gasteiger partial charge in [-0.2, -0.15) is 0 Å². The monoisotopic (exact) mass is 262 g/mol. The summed E-state index contributed by atoms with van der Waals surface area (Å²) in [5, 5.41) is 0. The highest BCUT2D eigenvalue weighted by Crippen LogP contribution is 2.29. The van der Waals surface area contributed by atoms with E-state index in [0.717, 1.165) is 12.8 Å². The lowest BCUT2D eigenvalue weighted by atomic mass is 10.1. The van der Waals surface area contributed by atoms with E-state index >= 15 is 0 Å². The Bertz CT molecular complexity index is 388. The number of hydrogen-bond acceptors (Lipinski definition) is 3. The Hall–Kier alpha value is -1.35. The molecule has 1 aliphatic rings. The Balaban J connectivity index is 1.61. The van der Waals surface area contributed by atoms with Crippen LogP contribution in [0.15, 0.2) is 30.3 Å². The molecule has 0 N–H and O–H groups in total. The van der Waals surface area contributed by atoms with Gasteiger partial charge in [0.25, 0.3) is 0 Å². The molecule has 3 heteroatoms. The summed E-state index contributed by atoms with van der Waals surface area (Å²) in [5.74, 6) is 0.328. The Morgan fingerprint density at radius 2 is 1.89 bits per heavy atom. The van der Waals surface area contributed by atoms with Crippen LogP contribution in [0.2, 0.25) is 0 Å². The van der Waals surface area contributed by atoms with Crippen molar-refractivity contribution in [3.05, 3.63) is 30.3 Å². The van der Waals surface area contributed by atoms with Crippen LogP contribution in [0.4, 0.5) is 0 Å². The SMILES string of the molecule is CCCCCCC[C@H]1O[C@@H]1C(=O)Oc1ccccc1. The summed E-state index contributed by atoms with van der Waals surface area (Å²) in [5.41, 5.74) is 0. The van der Waals surface area contributed by atoms with Crippen molar-refractivity contribution in [3.63, 3.8) is 0 Å². The third kappa shape index (κ3) is 4.67. The summed E-state index contributed by atoms with van der Waals surface area (Å²) < 4.78 is 10.6. The zero-order valence-corrected chi connectivity index (χ0v) is 11.5. The predicted molar refractivity (Wildman–Crippen MR) is 74.1 cm³/mol. The van der Waals surface area contributed by atoms with Crippen LogP contribution < -0.4 is 4.74 Å². The van der Waals surface area contributed by atoms with Crippen LogP contribution in [0, 0.1) is 0 Å². The molecule has 0 saturated carbocycles. The van der Waals surface area contributed by atoms with E-state index in [9.17, 15) is 4.79 Å². The first-order valence-electron chi connectivity index (χ1n) is 7.23. The molecule has 0 radical (unpaired) electrons. The van der Waals surface area contributed by atoms with Crippen LogP contribution in [0.1, 0.15) is 45.4 Å². The van der Waals surface area contributed by atoms with E-state index in [2.05, 4.69) is 6.92 Å². The Labute approximate surface area is 114 Å². The lowest BCUT2D eigenvalue weighted by Crippen LogP contribution is -2.17. The van der Waals surface area contributed by atoms with E-state index in [1.807, 2.05) is 18.2 Å². The molecule has 1 aromatic rings. The molecule has 0 spiro atoms. The maximum absolute atomic E-state index is 11.8. The molecule has 2 atom stereocenters. The minimum absolute atomic E-state index is 0.0813. The van der Waals surface area contributed by atoms with E-state index in [1.54, 1.807) is 12.1 Å². The predicted octanol–water partition coefficient (Wildman–Crippen LogP) is 3.72. The van der Waals surface area contributed by atoms with Gasteiger partial charge in [-0.1, -0.05) is 57.2 Å². The van der Waals surface area contributed by atoms with E-state index < -0.39 is 0 Å². The molecule has 19 heavy (non-hydrogen) atoms. The number of benzene rings is 1. The molecule has 2 rings (SSSR count). The van der Waals surface area contributed by atoms with Crippen LogP contribution in [0.5, 0.6) is 5.75 Å². The number of esters is 1. The normalized spacial score (nSPS) is 21.1. The van der Waals surface area contributed by atoms with E-state index in [1.165, 1.54) is 25.7 Å². The van der Waals surface area contributed by atoms with Crippen molar-refractivity contribution >= 4 is 5.97 Å². The van der Waals surface area contributed by atoms with Crippen LogP contribution in [0.25, 0.3) is 0 Å². The number of para-hydroxylation sites is 1. The quantitative estimate of drug-likeness (QED) is 0.310. The summed E-state index contributed by atoms with van der Waals surface area (Å²) in [6.45, 7) is 2.21. The number of unbranched alkanes of at least 4 members (excludes halogenated alkanes) is 4. The molecule has 0 aliphatic carbocycles. The van der Waals surface area contributed by atoms with Crippen molar-refractivity contribution in [2.75, 3.05) is 0 Å². The Morgan fingerprint density at radius 1 is 1.16 bits per heavy atom. The zero-order chi connectivity index (χ0) is 13.5. The van der Waals surface area contributed by atoms with Gasteiger partial charge in [0.15, 0.2) is 6.10 Å². The fraction of sp³-hybridized carbons (Fsp3) is 0.562. The van der Waals surface area contributed by atoms with Crippen molar-refractivity contribution in [2.45, 2.75) is 57.7 Å². The third-order valence-electron chi connectivity index (χ3n) is 3.37. The molecule has 1 aliphatic heterocycles. The molecule has 0 bridgehead atoms. The maximum atomic E-state index is 11.8. The lowest BCUT2D eigenvalue weighted by Gasteiger charge is -2.01. The van der Waals surface area contributed by atoms with E-state index in [0.29, 0.717) is 5.75 Å². The van der Waals surface area contributed by atoms with Gasteiger partial charge in [0.2, 0.25) is 0 Å². The smallest absolute Gasteiger partial charge is 0.343 e. The highest BCUT2D eigenvalue weighted by molar-refractivity contribution is 5.80. The van der Waals surface area contributed by atoms with Gasteiger partial charge in [-0.15, -0.1) is 0 Å². The van der Waals surface area contributed by atoms with Crippen molar-refractivity contribution < 1.29 is 14.3 Å². The van der Waals surface area contributed by atoms with Crippen LogP contribution in [-0.4, -0.2) is 18.2 Å².